The van der Waals surface area contributed by atoms with E-state index in [2.05, 4.69) is 10.6 Å². The van der Waals surface area contributed by atoms with Crippen LogP contribution in [0, 0.1) is 0 Å². The molecule has 116 valence electrons. The van der Waals surface area contributed by atoms with Gasteiger partial charge < -0.3 is 15.4 Å². The molecule has 1 aliphatic rings. The Labute approximate surface area is 130 Å². The topological polar surface area (TPSA) is 93.5 Å². The molecule has 1 heterocycles. The van der Waals surface area contributed by atoms with Crippen LogP contribution in [0.3, 0.4) is 0 Å². The maximum absolute atomic E-state index is 11.2. The summed E-state index contributed by atoms with van der Waals surface area (Å²) in [5.74, 6) is 0. The van der Waals surface area contributed by atoms with E-state index in [0.717, 1.165) is 19.4 Å². The van der Waals surface area contributed by atoms with Crippen molar-refractivity contribution in [2.24, 2.45) is 5.14 Å². The van der Waals surface area contributed by atoms with E-state index in [0.29, 0.717) is 10.8 Å². The van der Waals surface area contributed by atoms with Gasteiger partial charge in [0.15, 0.2) is 5.11 Å². The number of nitrogens with one attached hydrogen (secondary N) is 2. The number of rotatable bonds is 4. The van der Waals surface area contributed by atoms with Crippen molar-refractivity contribution in [3.63, 3.8) is 0 Å². The molecule has 1 aromatic rings. The largest absolute Gasteiger partial charge is 0.376 e. The normalized spacial score (nSPS) is 20.0. The van der Waals surface area contributed by atoms with Gasteiger partial charge in [0, 0.05) is 12.3 Å². The van der Waals surface area contributed by atoms with Gasteiger partial charge in [-0.1, -0.05) is 0 Å². The summed E-state index contributed by atoms with van der Waals surface area (Å²) in [5, 5.41) is 11.7. The molecule has 2 atom stereocenters. The molecular formula is C13H19N3O3S2. The molecule has 0 radical (unpaired) electrons. The molecule has 0 aromatic heterocycles. The summed E-state index contributed by atoms with van der Waals surface area (Å²) in [5.41, 5.74) is 0.694. The Morgan fingerprint density at radius 2 is 2.10 bits per heavy atom. The highest BCUT2D eigenvalue weighted by Gasteiger charge is 2.22. The van der Waals surface area contributed by atoms with E-state index in [1.54, 1.807) is 12.1 Å². The van der Waals surface area contributed by atoms with Gasteiger partial charge in [-0.25, -0.2) is 13.6 Å². The van der Waals surface area contributed by atoms with Crippen LogP contribution in [0.4, 0.5) is 5.69 Å². The van der Waals surface area contributed by atoms with Crippen molar-refractivity contribution in [1.82, 2.24) is 5.32 Å². The van der Waals surface area contributed by atoms with Crippen LogP contribution in [-0.2, 0) is 14.8 Å². The van der Waals surface area contributed by atoms with E-state index in [1.807, 2.05) is 6.92 Å². The number of hydrogen-bond donors (Lipinski definition) is 3. The Kier molecular flexibility index (Phi) is 5.15. The highest BCUT2D eigenvalue weighted by Crippen LogP contribution is 2.16. The Morgan fingerprint density at radius 1 is 1.43 bits per heavy atom. The van der Waals surface area contributed by atoms with Crippen molar-refractivity contribution in [1.29, 1.82) is 0 Å². The average Bonchev–Trinajstić information content (AvgIpc) is 2.92. The Hall–Kier alpha value is -1.22. The minimum Gasteiger partial charge on any atom is -0.376 e. The third-order valence-electron chi connectivity index (χ3n) is 3.32. The molecule has 0 bridgehead atoms. The second-order valence-electron chi connectivity index (χ2n) is 5.01. The first-order chi connectivity index (χ1) is 9.86. The molecular weight excluding hydrogens is 310 g/mol. The smallest absolute Gasteiger partial charge is 0.238 e. The molecule has 1 aromatic carbocycles. The minimum atomic E-state index is -3.67. The summed E-state index contributed by atoms with van der Waals surface area (Å²) in [7, 11) is -3.67. The van der Waals surface area contributed by atoms with Crippen molar-refractivity contribution in [2.75, 3.05) is 11.9 Å². The number of nitrogens with two attached hydrogens (primary N) is 1. The lowest BCUT2D eigenvalue weighted by Gasteiger charge is -2.22. The van der Waals surface area contributed by atoms with Gasteiger partial charge in [-0.2, -0.15) is 0 Å². The number of primary sulfonamides is 1. The lowest BCUT2D eigenvalue weighted by atomic mass is 10.1. The number of anilines is 1. The number of benzene rings is 1. The van der Waals surface area contributed by atoms with Crippen LogP contribution in [0.25, 0.3) is 0 Å². The first-order valence-electron chi connectivity index (χ1n) is 6.68. The van der Waals surface area contributed by atoms with Crippen LogP contribution in [0.5, 0.6) is 0 Å². The number of ether oxygens (including phenoxy) is 1. The quantitative estimate of drug-likeness (QED) is 0.719. The SMILES string of the molecule is C[C@H](NC(=S)Nc1ccc(S(N)(=O)=O)cc1)[C@@H]1CCCO1. The fraction of sp³-hybridized carbons (Fsp3) is 0.462. The Morgan fingerprint density at radius 3 is 2.62 bits per heavy atom. The lowest BCUT2D eigenvalue weighted by molar-refractivity contribution is 0.0895. The van der Waals surface area contributed by atoms with Crippen molar-refractivity contribution >= 4 is 33.0 Å². The second-order valence-corrected chi connectivity index (χ2v) is 6.98. The van der Waals surface area contributed by atoms with E-state index in [-0.39, 0.29) is 17.0 Å². The maximum Gasteiger partial charge on any atom is 0.238 e. The molecule has 0 saturated carbocycles. The van der Waals surface area contributed by atoms with E-state index in [1.165, 1.54) is 12.1 Å². The summed E-state index contributed by atoms with van der Waals surface area (Å²) in [6.07, 6.45) is 2.28. The van der Waals surface area contributed by atoms with E-state index >= 15 is 0 Å². The predicted octanol–water partition coefficient (Wildman–Crippen LogP) is 1.19. The van der Waals surface area contributed by atoms with Gasteiger partial charge in [0.2, 0.25) is 10.0 Å². The lowest BCUT2D eigenvalue weighted by Crippen LogP contribution is -2.42. The van der Waals surface area contributed by atoms with E-state index in [4.69, 9.17) is 22.1 Å². The van der Waals surface area contributed by atoms with Crippen molar-refractivity contribution in [3.05, 3.63) is 24.3 Å². The molecule has 1 aliphatic heterocycles. The fourth-order valence-corrected chi connectivity index (χ4v) is 3.01. The molecule has 1 fully saturated rings. The number of thiocarbonyl (C=S) groups is 1. The van der Waals surface area contributed by atoms with Gasteiger partial charge in [0.1, 0.15) is 0 Å². The zero-order chi connectivity index (χ0) is 15.5. The fourth-order valence-electron chi connectivity index (χ4n) is 2.19. The molecule has 0 aliphatic carbocycles. The molecule has 21 heavy (non-hydrogen) atoms. The molecule has 0 amide bonds. The van der Waals surface area contributed by atoms with Gasteiger partial charge in [0.25, 0.3) is 0 Å². The van der Waals surface area contributed by atoms with Crippen molar-refractivity contribution in [2.45, 2.75) is 36.8 Å². The minimum absolute atomic E-state index is 0.0691. The summed E-state index contributed by atoms with van der Waals surface area (Å²) in [6, 6.07) is 6.22. The van der Waals surface area contributed by atoms with Crippen LogP contribution in [0.2, 0.25) is 0 Å². The second kappa shape index (κ2) is 6.69. The third-order valence-corrected chi connectivity index (χ3v) is 4.47. The Balaban J connectivity index is 1.90. The van der Waals surface area contributed by atoms with Crippen LogP contribution in [-0.4, -0.2) is 32.3 Å². The molecule has 0 unspecified atom stereocenters. The standard InChI is InChI=1S/C13H19N3O3S2/c1-9(12-3-2-8-19-12)15-13(20)16-10-4-6-11(7-5-10)21(14,17)18/h4-7,9,12H,2-3,8H2,1H3,(H2,14,17,18)(H2,15,16,20)/t9-,12-/m0/s1. The van der Waals surface area contributed by atoms with Gasteiger partial charge >= 0.3 is 0 Å². The molecule has 1 saturated heterocycles. The van der Waals surface area contributed by atoms with Crippen LogP contribution in [0.1, 0.15) is 19.8 Å². The predicted molar refractivity (Wildman–Crippen MR) is 85.6 cm³/mol. The van der Waals surface area contributed by atoms with Crippen LogP contribution < -0.4 is 15.8 Å². The van der Waals surface area contributed by atoms with Gasteiger partial charge in [-0.05, 0) is 56.2 Å². The Bertz CT molecular complexity index is 596. The van der Waals surface area contributed by atoms with Crippen molar-refractivity contribution < 1.29 is 13.2 Å². The summed E-state index contributed by atoms with van der Waals surface area (Å²) >= 11 is 5.23. The molecule has 4 N–H and O–H groups in total. The molecule has 6 nitrogen and oxygen atoms in total. The maximum atomic E-state index is 11.2. The highest BCUT2D eigenvalue weighted by molar-refractivity contribution is 7.89. The van der Waals surface area contributed by atoms with Crippen LogP contribution >= 0.6 is 12.2 Å². The zero-order valence-corrected chi connectivity index (χ0v) is 13.3. The highest BCUT2D eigenvalue weighted by atomic mass is 32.2. The van der Waals surface area contributed by atoms with Gasteiger partial charge in [-0.3, -0.25) is 0 Å². The number of sulfonamides is 1. The van der Waals surface area contributed by atoms with Gasteiger partial charge in [0.05, 0.1) is 17.0 Å². The number of hydrogen-bond acceptors (Lipinski definition) is 4. The first kappa shape index (κ1) is 16.2. The van der Waals surface area contributed by atoms with Crippen LogP contribution in [0.15, 0.2) is 29.2 Å². The summed E-state index contributed by atoms with van der Waals surface area (Å²) in [6.45, 7) is 2.82. The monoisotopic (exact) mass is 329 g/mol. The van der Waals surface area contributed by atoms with Crippen molar-refractivity contribution in [3.8, 4) is 0 Å². The van der Waals surface area contributed by atoms with E-state index < -0.39 is 10.0 Å². The summed E-state index contributed by atoms with van der Waals surface area (Å²) in [4.78, 5) is 0.0691. The van der Waals surface area contributed by atoms with E-state index in [9.17, 15) is 8.42 Å². The zero-order valence-electron chi connectivity index (χ0n) is 11.7. The molecule has 8 heteroatoms. The third kappa shape index (κ3) is 4.63. The molecule has 2 rings (SSSR count). The average molecular weight is 329 g/mol. The summed E-state index contributed by atoms with van der Waals surface area (Å²) < 4.78 is 27.9. The first-order valence-corrected chi connectivity index (χ1v) is 8.64. The van der Waals surface area contributed by atoms with Gasteiger partial charge in [-0.15, -0.1) is 0 Å². The molecule has 0 spiro atoms.